The van der Waals surface area contributed by atoms with Gasteiger partial charge in [0.1, 0.15) is 5.69 Å². The number of carbonyl (C=O) groups excluding carboxylic acids is 1. The predicted octanol–water partition coefficient (Wildman–Crippen LogP) is 2.86. The van der Waals surface area contributed by atoms with Gasteiger partial charge in [0.2, 0.25) is 0 Å². The highest BCUT2D eigenvalue weighted by molar-refractivity contribution is 7.10. The Morgan fingerprint density at radius 2 is 2.33 bits per heavy atom. The van der Waals surface area contributed by atoms with E-state index in [1.54, 1.807) is 11.3 Å². The molecule has 5 nitrogen and oxygen atoms in total. The fourth-order valence-corrected chi connectivity index (χ4v) is 4.51. The molecule has 0 radical (unpaired) electrons. The summed E-state index contributed by atoms with van der Waals surface area (Å²) in [4.78, 5) is 19.9. The summed E-state index contributed by atoms with van der Waals surface area (Å²) in [5.41, 5.74) is 6.05. The van der Waals surface area contributed by atoms with Crippen molar-refractivity contribution in [2.75, 3.05) is 13.1 Å². The largest absolute Gasteiger partial charge is 0.387 e. The van der Waals surface area contributed by atoms with Gasteiger partial charge in [0.25, 0.3) is 5.91 Å². The van der Waals surface area contributed by atoms with Gasteiger partial charge >= 0.3 is 0 Å². The van der Waals surface area contributed by atoms with Gasteiger partial charge in [-0.1, -0.05) is 6.07 Å². The molecule has 3 rings (SSSR count). The molecule has 2 atom stereocenters. The van der Waals surface area contributed by atoms with Crippen LogP contribution >= 0.6 is 35.1 Å². The monoisotopic (exact) mass is 387 g/mol. The summed E-state index contributed by atoms with van der Waals surface area (Å²) in [5.74, 6) is -0.0228. The molecule has 0 aromatic carbocycles. The van der Waals surface area contributed by atoms with Gasteiger partial charge in [-0.3, -0.25) is 4.79 Å². The van der Waals surface area contributed by atoms with E-state index in [2.05, 4.69) is 4.98 Å². The van der Waals surface area contributed by atoms with Crippen LogP contribution in [-0.4, -0.2) is 40.0 Å². The molecule has 132 valence electrons. The van der Waals surface area contributed by atoms with Crippen LogP contribution < -0.4 is 5.73 Å². The molecule has 1 saturated heterocycles. The number of aromatic nitrogens is 1. The number of hydrogen-bond acceptors (Lipinski definition) is 6. The Kier molecular flexibility index (Phi) is 7.18. The highest BCUT2D eigenvalue weighted by atomic mass is 35.5. The molecule has 1 amide bonds. The highest BCUT2D eigenvalue weighted by Gasteiger charge is 2.32. The van der Waals surface area contributed by atoms with Crippen molar-refractivity contribution in [3.8, 4) is 0 Å². The molecule has 3 N–H and O–H groups in total. The fraction of sp³-hybridized carbons (Fsp3) is 0.500. The lowest BCUT2D eigenvalue weighted by Gasteiger charge is -2.25. The van der Waals surface area contributed by atoms with E-state index in [4.69, 9.17) is 5.73 Å². The van der Waals surface area contributed by atoms with E-state index < -0.39 is 6.10 Å². The van der Waals surface area contributed by atoms with Crippen LogP contribution in [0.4, 0.5) is 0 Å². The minimum atomic E-state index is -0.503. The number of thiazole rings is 1. The lowest BCUT2D eigenvalue weighted by atomic mass is 10.1. The lowest BCUT2D eigenvalue weighted by molar-refractivity contribution is 0.0665. The van der Waals surface area contributed by atoms with E-state index in [1.807, 2.05) is 27.8 Å². The van der Waals surface area contributed by atoms with Gasteiger partial charge in [-0.25, -0.2) is 4.98 Å². The Morgan fingerprint density at radius 1 is 1.50 bits per heavy atom. The van der Waals surface area contributed by atoms with Crippen LogP contribution in [0, 0.1) is 0 Å². The van der Waals surface area contributed by atoms with Crippen LogP contribution in [0.15, 0.2) is 22.9 Å². The molecule has 0 saturated carbocycles. The number of nitrogens with zero attached hydrogens (tertiary/aromatic N) is 2. The Hall–Kier alpha value is -0.990. The van der Waals surface area contributed by atoms with Crippen LogP contribution in [0.3, 0.4) is 0 Å². The molecule has 1 fully saturated rings. The standard InChI is InChI=1S/C16H21N3O2S2.ClH/c17-6-5-15-18-12(10-23-15)16(21)19-7-1-3-11(19)9-13(20)14-4-2-8-22-14;/h2,4,8,10-11,13,20H,1,3,5-7,9,17H2;1H. The summed E-state index contributed by atoms with van der Waals surface area (Å²) < 4.78 is 0. The summed E-state index contributed by atoms with van der Waals surface area (Å²) in [5, 5.41) is 15.0. The van der Waals surface area contributed by atoms with Gasteiger partial charge in [0.05, 0.1) is 11.1 Å². The zero-order valence-electron chi connectivity index (χ0n) is 13.3. The lowest BCUT2D eigenvalue weighted by Crippen LogP contribution is -2.36. The number of aliphatic hydroxyl groups is 1. The minimum Gasteiger partial charge on any atom is -0.387 e. The van der Waals surface area contributed by atoms with E-state index >= 15 is 0 Å². The summed E-state index contributed by atoms with van der Waals surface area (Å²) in [7, 11) is 0. The average Bonchev–Trinajstić information content (AvgIpc) is 3.28. The van der Waals surface area contributed by atoms with Crippen molar-refractivity contribution < 1.29 is 9.90 Å². The second kappa shape index (κ2) is 8.92. The number of nitrogens with two attached hydrogens (primary N) is 1. The minimum absolute atomic E-state index is 0. The quantitative estimate of drug-likeness (QED) is 0.798. The molecule has 1 aliphatic rings. The molecule has 8 heteroatoms. The van der Waals surface area contributed by atoms with Crippen LogP contribution in [0.25, 0.3) is 0 Å². The normalized spacial score (nSPS) is 18.4. The third-order valence-electron chi connectivity index (χ3n) is 4.13. The van der Waals surface area contributed by atoms with Crippen LogP contribution in [0.5, 0.6) is 0 Å². The SMILES string of the molecule is Cl.NCCc1nc(C(=O)N2CCCC2CC(O)c2cccs2)cs1. The van der Waals surface area contributed by atoms with Gasteiger partial charge in [-0.05, 0) is 37.3 Å². The second-order valence-corrected chi connectivity index (χ2v) is 7.65. The Balaban J connectivity index is 0.00000208. The predicted molar refractivity (Wildman–Crippen MR) is 100 cm³/mol. The molecule has 24 heavy (non-hydrogen) atoms. The van der Waals surface area contributed by atoms with Crippen molar-refractivity contribution >= 4 is 41.0 Å². The van der Waals surface area contributed by atoms with Crippen molar-refractivity contribution in [1.29, 1.82) is 0 Å². The molecular formula is C16H22ClN3O2S2. The molecule has 0 spiro atoms. The first kappa shape index (κ1) is 19.3. The number of rotatable bonds is 6. The van der Waals surface area contributed by atoms with E-state index in [1.165, 1.54) is 11.3 Å². The van der Waals surface area contributed by atoms with E-state index in [-0.39, 0.29) is 24.4 Å². The zero-order chi connectivity index (χ0) is 16.2. The fourth-order valence-electron chi connectivity index (χ4n) is 3.00. The van der Waals surface area contributed by atoms with Crippen molar-refractivity contribution in [2.24, 2.45) is 5.73 Å². The van der Waals surface area contributed by atoms with E-state index in [0.717, 1.165) is 29.3 Å². The number of amides is 1. The zero-order valence-corrected chi connectivity index (χ0v) is 15.7. The molecule has 0 aliphatic carbocycles. The molecule has 1 aliphatic heterocycles. The number of hydrogen-bond donors (Lipinski definition) is 2. The van der Waals surface area contributed by atoms with Gasteiger partial charge in [-0.15, -0.1) is 35.1 Å². The van der Waals surface area contributed by atoms with Crippen LogP contribution in [0.2, 0.25) is 0 Å². The van der Waals surface area contributed by atoms with Gasteiger partial charge in [0, 0.05) is 29.3 Å². The topological polar surface area (TPSA) is 79.5 Å². The highest BCUT2D eigenvalue weighted by Crippen LogP contribution is 2.30. The van der Waals surface area contributed by atoms with Crippen molar-refractivity contribution in [2.45, 2.75) is 37.8 Å². The number of likely N-dealkylation sites (tertiary alicyclic amines) is 1. The maximum Gasteiger partial charge on any atom is 0.273 e. The maximum absolute atomic E-state index is 12.7. The summed E-state index contributed by atoms with van der Waals surface area (Å²) >= 11 is 3.04. The first-order valence-electron chi connectivity index (χ1n) is 7.86. The van der Waals surface area contributed by atoms with Gasteiger partial charge in [0.15, 0.2) is 0 Å². The number of aliphatic hydroxyl groups excluding tert-OH is 1. The van der Waals surface area contributed by atoms with E-state index in [0.29, 0.717) is 25.1 Å². The van der Waals surface area contributed by atoms with Gasteiger partial charge < -0.3 is 15.7 Å². The molecule has 2 aromatic heterocycles. The second-order valence-electron chi connectivity index (χ2n) is 5.73. The van der Waals surface area contributed by atoms with Crippen molar-refractivity contribution in [3.63, 3.8) is 0 Å². The Bertz CT molecular complexity index is 648. The first-order chi connectivity index (χ1) is 11.2. The number of halogens is 1. The number of carbonyl (C=O) groups is 1. The molecular weight excluding hydrogens is 366 g/mol. The third-order valence-corrected chi connectivity index (χ3v) is 6.02. The molecule has 2 unspecified atom stereocenters. The van der Waals surface area contributed by atoms with Crippen molar-refractivity contribution in [3.05, 3.63) is 38.5 Å². The smallest absolute Gasteiger partial charge is 0.273 e. The molecule has 2 aromatic rings. The molecule has 0 bridgehead atoms. The first-order valence-corrected chi connectivity index (χ1v) is 9.62. The summed E-state index contributed by atoms with van der Waals surface area (Å²) in [6.07, 6.45) is 2.71. The summed E-state index contributed by atoms with van der Waals surface area (Å²) in [6, 6.07) is 3.96. The van der Waals surface area contributed by atoms with Crippen LogP contribution in [-0.2, 0) is 6.42 Å². The number of thiophene rings is 1. The van der Waals surface area contributed by atoms with Crippen molar-refractivity contribution in [1.82, 2.24) is 9.88 Å². The Morgan fingerprint density at radius 3 is 3.04 bits per heavy atom. The van der Waals surface area contributed by atoms with Gasteiger partial charge in [-0.2, -0.15) is 0 Å². The Labute approximate surface area is 155 Å². The summed E-state index contributed by atoms with van der Waals surface area (Å²) in [6.45, 7) is 1.28. The molecule has 3 heterocycles. The third kappa shape index (κ3) is 4.34. The average molecular weight is 388 g/mol. The van der Waals surface area contributed by atoms with E-state index in [9.17, 15) is 9.90 Å². The maximum atomic E-state index is 12.7. The van der Waals surface area contributed by atoms with Crippen LogP contribution in [0.1, 0.15) is 45.7 Å².